The monoisotopic (exact) mass is 291 g/mol. The van der Waals surface area contributed by atoms with Gasteiger partial charge in [-0.05, 0) is 19.8 Å². The Balaban J connectivity index is 2.42. The van der Waals surface area contributed by atoms with Crippen LogP contribution in [0.3, 0.4) is 0 Å². The van der Waals surface area contributed by atoms with Gasteiger partial charge in [0.05, 0.1) is 6.10 Å². The van der Waals surface area contributed by atoms with Crippen LogP contribution in [0.2, 0.25) is 0 Å². The second-order valence-corrected chi connectivity index (χ2v) is 5.33. The Morgan fingerprint density at radius 1 is 1.38 bits per heavy atom. The minimum atomic E-state index is -0.414. The van der Waals surface area contributed by atoms with Crippen LogP contribution in [-0.4, -0.2) is 34.5 Å². The minimum absolute atomic E-state index is 0.0937. The number of aliphatic hydroxyl groups is 1. The maximum absolute atomic E-state index is 11.7. The van der Waals surface area contributed by atoms with Crippen molar-refractivity contribution in [2.75, 3.05) is 6.54 Å². The number of hydrogen-bond donors (Lipinski definition) is 1. The van der Waals surface area contributed by atoms with Crippen molar-refractivity contribution in [2.45, 2.75) is 52.1 Å². The van der Waals surface area contributed by atoms with Gasteiger partial charge < -0.3 is 5.11 Å². The predicted molar refractivity (Wildman–Crippen MR) is 83.5 cm³/mol. The highest BCUT2D eigenvalue weighted by Crippen LogP contribution is 2.10. The Morgan fingerprint density at radius 2 is 2.10 bits per heavy atom. The summed E-state index contributed by atoms with van der Waals surface area (Å²) in [6, 6.07) is 0. The lowest BCUT2D eigenvalue weighted by Gasteiger charge is -2.09. The average Bonchev–Trinajstić information content (AvgIpc) is 2.87. The predicted octanol–water partition coefficient (Wildman–Crippen LogP) is 2.75. The molecular weight excluding hydrogens is 266 g/mol. The normalized spacial score (nSPS) is 18.1. The smallest absolute Gasteiger partial charge is 0.253 e. The third-order valence-electron chi connectivity index (χ3n) is 3.36. The van der Waals surface area contributed by atoms with E-state index in [9.17, 15) is 14.7 Å². The molecule has 0 aromatic heterocycles. The molecule has 0 aromatic carbocycles. The molecule has 1 N–H and O–H groups in total. The highest BCUT2D eigenvalue weighted by molar-refractivity contribution is 6.02. The molecule has 0 bridgehead atoms. The van der Waals surface area contributed by atoms with Gasteiger partial charge in [0.25, 0.3) is 5.91 Å². The van der Waals surface area contributed by atoms with Gasteiger partial charge >= 0.3 is 0 Å². The third-order valence-corrected chi connectivity index (χ3v) is 3.36. The summed E-state index contributed by atoms with van der Waals surface area (Å²) in [7, 11) is 0. The molecule has 0 spiro atoms. The van der Waals surface area contributed by atoms with E-state index in [1.54, 1.807) is 12.2 Å². The summed E-state index contributed by atoms with van der Waals surface area (Å²) >= 11 is 0. The molecular formula is C17H25NO3. The number of aliphatic hydroxyl groups excluding tert-OH is 1. The van der Waals surface area contributed by atoms with Gasteiger partial charge in [-0.15, -0.1) is 0 Å². The maximum atomic E-state index is 11.7. The van der Waals surface area contributed by atoms with E-state index in [0.717, 1.165) is 31.3 Å². The van der Waals surface area contributed by atoms with E-state index in [4.69, 9.17) is 0 Å². The first kappa shape index (κ1) is 17.4. The number of allylic oxidation sites excluding steroid dienone is 4. The van der Waals surface area contributed by atoms with E-state index in [2.05, 4.69) is 6.92 Å². The largest absolute Gasteiger partial charge is 0.389 e. The van der Waals surface area contributed by atoms with Crippen molar-refractivity contribution in [1.29, 1.82) is 0 Å². The number of imide groups is 1. The van der Waals surface area contributed by atoms with E-state index < -0.39 is 6.10 Å². The zero-order valence-electron chi connectivity index (χ0n) is 12.9. The van der Waals surface area contributed by atoms with Crippen molar-refractivity contribution in [3.8, 4) is 0 Å². The molecule has 1 heterocycles. The Hall–Kier alpha value is -1.68. The van der Waals surface area contributed by atoms with Crippen LogP contribution in [0, 0.1) is 0 Å². The molecule has 2 amide bonds. The summed E-state index contributed by atoms with van der Waals surface area (Å²) in [4.78, 5) is 24.4. The topological polar surface area (TPSA) is 57.6 Å². The van der Waals surface area contributed by atoms with Crippen molar-refractivity contribution < 1.29 is 14.7 Å². The number of hydrogen-bond acceptors (Lipinski definition) is 3. The number of likely N-dealkylation sites (tertiary alicyclic amines) is 1. The van der Waals surface area contributed by atoms with Gasteiger partial charge in [-0.3, -0.25) is 14.5 Å². The number of rotatable bonds is 7. The first-order valence-electron chi connectivity index (χ1n) is 7.60. The van der Waals surface area contributed by atoms with Crippen molar-refractivity contribution in [1.82, 2.24) is 4.90 Å². The Kier molecular flexibility index (Phi) is 7.69. The van der Waals surface area contributed by atoms with E-state index in [1.165, 1.54) is 11.0 Å². The molecule has 1 aliphatic rings. The highest BCUT2D eigenvalue weighted by atomic mass is 16.3. The van der Waals surface area contributed by atoms with Crippen molar-refractivity contribution >= 4 is 11.8 Å². The molecule has 4 heteroatoms. The molecule has 0 aliphatic carbocycles. The third kappa shape index (κ3) is 6.54. The first-order chi connectivity index (χ1) is 10.0. The summed E-state index contributed by atoms with van der Waals surface area (Å²) in [5, 5.41) is 9.74. The standard InChI is InChI=1S/C17H25NO3/c1-3-4-9-15(19)13-14(2)8-5-6-10-16(20)18-12-7-11-17(18)21/h5-6,8,10,13,15,19H,3-4,7,9,11-12H2,1-2H3/b8-5+,10-6?,14-13+/t15-/m1/s1. The van der Waals surface area contributed by atoms with Crippen LogP contribution in [0.5, 0.6) is 0 Å². The fraction of sp³-hybridized carbons (Fsp3) is 0.529. The van der Waals surface area contributed by atoms with Crippen LogP contribution >= 0.6 is 0 Å². The van der Waals surface area contributed by atoms with E-state index in [1.807, 2.05) is 19.1 Å². The van der Waals surface area contributed by atoms with Gasteiger partial charge in [-0.1, -0.05) is 49.6 Å². The van der Waals surface area contributed by atoms with Gasteiger partial charge in [0.15, 0.2) is 0 Å². The summed E-state index contributed by atoms with van der Waals surface area (Å²) in [6.07, 6.45) is 12.1. The Morgan fingerprint density at radius 3 is 2.71 bits per heavy atom. The van der Waals surface area contributed by atoms with Crippen molar-refractivity contribution in [3.63, 3.8) is 0 Å². The second kappa shape index (κ2) is 9.29. The summed E-state index contributed by atoms with van der Waals surface area (Å²) < 4.78 is 0. The fourth-order valence-electron chi connectivity index (χ4n) is 2.17. The van der Waals surface area contributed by atoms with Gasteiger partial charge in [-0.25, -0.2) is 0 Å². The number of carbonyl (C=O) groups excluding carboxylic acids is 2. The van der Waals surface area contributed by atoms with Crippen molar-refractivity contribution in [3.05, 3.63) is 36.0 Å². The lowest BCUT2D eigenvalue weighted by Crippen LogP contribution is -2.30. The first-order valence-corrected chi connectivity index (χ1v) is 7.60. The molecule has 1 saturated heterocycles. The number of amides is 2. The molecule has 1 rings (SSSR count). The van der Waals surface area contributed by atoms with Gasteiger partial charge in [-0.2, -0.15) is 0 Å². The lowest BCUT2D eigenvalue weighted by atomic mass is 10.1. The zero-order chi connectivity index (χ0) is 15.7. The molecule has 116 valence electrons. The zero-order valence-corrected chi connectivity index (χ0v) is 12.9. The quantitative estimate of drug-likeness (QED) is 0.579. The van der Waals surface area contributed by atoms with Crippen molar-refractivity contribution in [2.24, 2.45) is 0 Å². The molecule has 1 atom stereocenters. The van der Waals surface area contributed by atoms with Crippen LogP contribution in [0.4, 0.5) is 0 Å². The van der Waals surface area contributed by atoms with Crippen LogP contribution in [0.15, 0.2) is 36.0 Å². The van der Waals surface area contributed by atoms with Crippen LogP contribution in [-0.2, 0) is 9.59 Å². The molecule has 0 unspecified atom stereocenters. The molecule has 1 aliphatic heterocycles. The highest BCUT2D eigenvalue weighted by Gasteiger charge is 2.24. The van der Waals surface area contributed by atoms with Crippen LogP contribution in [0.25, 0.3) is 0 Å². The Bertz CT molecular complexity index is 449. The van der Waals surface area contributed by atoms with Crippen LogP contribution < -0.4 is 0 Å². The Labute approximate surface area is 126 Å². The van der Waals surface area contributed by atoms with E-state index in [0.29, 0.717) is 13.0 Å². The summed E-state index contributed by atoms with van der Waals surface area (Å²) in [6.45, 7) is 4.52. The maximum Gasteiger partial charge on any atom is 0.253 e. The van der Waals surface area contributed by atoms with E-state index in [-0.39, 0.29) is 11.8 Å². The average molecular weight is 291 g/mol. The number of unbranched alkanes of at least 4 members (excludes halogenated alkanes) is 1. The molecule has 0 radical (unpaired) electrons. The molecule has 0 aromatic rings. The van der Waals surface area contributed by atoms with Gasteiger partial charge in [0.2, 0.25) is 5.91 Å². The summed E-state index contributed by atoms with van der Waals surface area (Å²) in [5.74, 6) is -0.351. The lowest BCUT2D eigenvalue weighted by molar-refractivity contribution is -0.138. The SMILES string of the molecule is CCCC[C@@H](O)/C=C(C)/C=C/C=CC(=O)N1CCCC1=O. The van der Waals surface area contributed by atoms with Gasteiger partial charge in [0, 0.05) is 19.0 Å². The van der Waals surface area contributed by atoms with Crippen LogP contribution in [0.1, 0.15) is 46.0 Å². The minimum Gasteiger partial charge on any atom is -0.389 e. The second-order valence-electron chi connectivity index (χ2n) is 5.33. The molecule has 1 fully saturated rings. The molecule has 0 saturated carbocycles. The van der Waals surface area contributed by atoms with Gasteiger partial charge in [0.1, 0.15) is 0 Å². The number of nitrogens with zero attached hydrogens (tertiary/aromatic N) is 1. The fourth-order valence-corrected chi connectivity index (χ4v) is 2.17. The molecule has 21 heavy (non-hydrogen) atoms. The summed E-state index contributed by atoms with van der Waals surface area (Å²) in [5.41, 5.74) is 0.952. The molecule has 4 nitrogen and oxygen atoms in total. The van der Waals surface area contributed by atoms with E-state index >= 15 is 0 Å². The number of carbonyl (C=O) groups is 2.